The van der Waals surface area contributed by atoms with Crippen molar-refractivity contribution in [3.8, 4) is 0 Å². The van der Waals surface area contributed by atoms with E-state index < -0.39 is 12.0 Å². The zero-order valence-corrected chi connectivity index (χ0v) is 16.4. The number of nitrogens with zero attached hydrogens (tertiary/aromatic N) is 8. The quantitative estimate of drug-likeness (QED) is 0.479. The maximum Gasteiger partial charge on any atom is 0.453 e. The summed E-state index contributed by atoms with van der Waals surface area (Å²) >= 11 is 0. The first-order chi connectivity index (χ1) is 14.8. The lowest BCUT2D eigenvalue weighted by atomic mass is 10.2. The second-order valence-corrected chi connectivity index (χ2v) is 7.32. The van der Waals surface area contributed by atoms with E-state index in [9.17, 15) is 18.0 Å². The summed E-state index contributed by atoms with van der Waals surface area (Å²) in [6.07, 6.45) is -3.14. The van der Waals surface area contributed by atoms with Crippen LogP contribution >= 0.6 is 0 Å². The third-order valence-electron chi connectivity index (χ3n) is 5.37. The van der Waals surface area contributed by atoms with E-state index in [1.54, 1.807) is 19.2 Å². The van der Waals surface area contributed by atoms with E-state index in [0.717, 1.165) is 10.2 Å². The summed E-state index contributed by atoms with van der Waals surface area (Å²) in [6.45, 7) is 2.43. The number of piperazine rings is 1. The van der Waals surface area contributed by atoms with Gasteiger partial charge in [0, 0.05) is 38.9 Å². The molecular weight excluding hydrogens is 413 g/mol. The van der Waals surface area contributed by atoms with Crippen LogP contribution < -0.4 is 15.4 Å². The highest BCUT2D eigenvalue weighted by molar-refractivity contribution is 5.81. The molecular formula is C19H17F3N8O. The Morgan fingerprint density at radius 2 is 1.71 bits per heavy atom. The summed E-state index contributed by atoms with van der Waals surface area (Å²) in [6, 6.07) is 8.66. The summed E-state index contributed by atoms with van der Waals surface area (Å²) in [4.78, 5) is 20.6. The molecule has 1 saturated heterocycles. The van der Waals surface area contributed by atoms with Crippen molar-refractivity contribution in [1.82, 2.24) is 29.4 Å². The Kier molecular flexibility index (Phi) is 4.31. The minimum atomic E-state index is -4.63. The molecule has 4 aromatic rings. The summed E-state index contributed by atoms with van der Waals surface area (Å²) < 4.78 is 41.5. The van der Waals surface area contributed by atoms with E-state index in [1.807, 2.05) is 17.0 Å². The molecule has 0 atom stereocenters. The van der Waals surface area contributed by atoms with Crippen molar-refractivity contribution in [2.75, 3.05) is 36.0 Å². The number of hydrogen-bond donors (Lipinski definition) is 0. The molecule has 1 aliphatic heterocycles. The number of anilines is 2. The van der Waals surface area contributed by atoms with E-state index >= 15 is 0 Å². The van der Waals surface area contributed by atoms with Crippen molar-refractivity contribution in [3.63, 3.8) is 0 Å². The van der Waals surface area contributed by atoms with Gasteiger partial charge < -0.3 is 14.4 Å². The Hall–Kier alpha value is -3.70. The monoisotopic (exact) mass is 430 g/mol. The highest BCUT2D eigenvalue weighted by atomic mass is 19.4. The standard InChI is InChI=1S/C19H17F3N8O/c1-27-11-23-14-10-12(2-3-13(14)17(27)31)28-6-8-29(9-7-28)16-5-4-15-24-25-18(19(20,21)22)30(15)26-16/h2-5,10-11H,6-9H2,1H3. The Labute approximate surface area is 173 Å². The maximum absolute atomic E-state index is 13.1. The van der Waals surface area contributed by atoms with Crippen molar-refractivity contribution in [3.05, 3.63) is 52.8 Å². The molecule has 0 unspecified atom stereocenters. The average Bonchev–Trinajstić information content (AvgIpc) is 3.20. The van der Waals surface area contributed by atoms with Gasteiger partial charge >= 0.3 is 6.18 Å². The molecule has 31 heavy (non-hydrogen) atoms. The molecule has 1 aliphatic rings. The molecule has 1 aromatic carbocycles. The van der Waals surface area contributed by atoms with Crippen LogP contribution in [0.15, 0.2) is 41.5 Å². The van der Waals surface area contributed by atoms with E-state index in [1.165, 1.54) is 17.0 Å². The van der Waals surface area contributed by atoms with Crippen molar-refractivity contribution in [1.29, 1.82) is 0 Å². The van der Waals surface area contributed by atoms with E-state index in [0.29, 0.717) is 42.9 Å². The lowest BCUT2D eigenvalue weighted by molar-refractivity contribution is -0.146. The van der Waals surface area contributed by atoms with Crippen LogP contribution in [0.2, 0.25) is 0 Å². The number of benzene rings is 1. The summed E-state index contributed by atoms with van der Waals surface area (Å²) in [7, 11) is 1.66. The normalized spacial score (nSPS) is 15.2. The molecule has 1 fully saturated rings. The van der Waals surface area contributed by atoms with E-state index in [2.05, 4.69) is 25.2 Å². The SMILES string of the molecule is Cn1cnc2cc(N3CCN(c4ccc5nnc(C(F)(F)F)n5n4)CC3)ccc2c1=O. The predicted molar refractivity (Wildman–Crippen MR) is 107 cm³/mol. The molecule has 5 rings (SSSR count). The highest BCUT2D eigenvalue weighted by Crippen LogP contribution is 2.28. The lowest BCUT2D eigenvalue weighted by Gasteiger charge is -2.36. The van der Waals surface area contributed by atoms with Crippen LogP contribution in [0.1, 0.15) is 5.82 Å². The highest BCUT2D eigenvalue weighted by Gasteiger charge is 2.37. The third-order valence-corrected chi connectivity index (χ3v) is 5.37. The molecule has 0 amide bonds. The van der Waals surface area contributed by atoms with Crippen molar-refractivity contribution in [2.24, 2.45) is 7.05 Å². The van der Waals surface area contributed by atoms with Crippen molar-refractivity contribution >= 4 is 28.1 Å². The second kappa shape index (κ2) is 6.93. The lowest BCUT2D eigenvalue weighted by Crippen LogP contribution is -2.47. The molecule has 160 valence electrons. The number of halogens is 3. The first-order valence-electron chi connectivity index (χ1n) is 9.56. The van der Waals surface area contributed by atoms with E-state index in [-0.39, 0.29) is 11.2 Å². The van der Waals surface area contributed by atoms with Gasteiger partial charge in [0.15, 0.2) is 5.65 Å². The van der Waals surface area contributed by atoms with Gasteiger partial charge in [-0.1, -0.05) is 0 Å². The van der Waals surface area contributed by atoms with Crippen LogP contribution in [-0.4, -0.2) is 55.5 Å². The summed E-state index contributed by atoms with van der Waals surface area (Å²) in [5.41, 5.74) is 1.51. The van der Waals surface area contributed by atoms with Crippen LogP contribution in [-0.2, 0) is 13.2 Å². The molecule has 12 heteroatoms. The fourth-order valence-corrected chi connectivity index (χ4v) is 3.71. The minimum Gasteiger partial charge on any atom is -0.368 e. The number of hydrogen-bond acceptors (Lipinski definition) is 7. The van der Waals surface area contributed by atoms with Gasteiger partial charge in [0.2, 0.25) is 0 Å². The van der Waals surface area contributed by atoms with Gasteiger partial charge in [-0.3, -0.25) is 4.79 Å². The number of aromatic nitrogens is 6. The molecule has 0 saturated carbocycles. The van der Waals surface area contributed by atoms with E-state index in [4.69, 9.17) is 0 Å². The molecule has 9 nitrogen and oxygen atoms in total. The molecule has 0 bridgehead atoms. The maximum atomic E-state index is 13.1. The minimum absolute atomic E-state index is 0.0458. The number of fused-ring (bicyclic) bond motifs is 2. The van der Waals surface area contributed by atoms with Crippen LogP contribution in [0.3, 0.4) is 0 Å². The Balaban J connectivity index is 1.36. The van der Waals surface area contributed by atoms with Crippen LogP contribution in [0.25, 0.3) is 16.6 Å². The van der Waals surface area contributed by atoms with Crippen molar-refractivity contribution in [2.45, 2.75) is 6.18 Å². The predicted octanol–water partition coefficient (Wildman–Crippen LogP) is 1.72. The molecule has 0 aliphatic carbocycles. The summed E-state index contributed by atoms with van der Waals surface area (Å²) in [5, 5.41) is 11.4. The fraction of sp³-hybridized carbons (Fsp3) is 0.316. The molecule has 0 N–H and O–H groups in total. The van der Waals surface area contributed by atoms with Gasteiger partial charge in [-0.15, -0.1) is 15.3 Å². The molecule has 0 spiro atoms. The molecule has 0 radical (unpaired) electrons. The smallest absolute Gasteiger partial charge is 0.368 e. The topological polar surface area (TPSA) is 84.5 Å². The average molecular weight is 430 g/mol. The third kappa shape index (κ3) is 3.33. The number of alkyl halides is 3. The van der Waals surface area contributed by atoms with Gasteiger partial charge in [-0.05, 0) is 30.3 Å². The summed E-state index contributed by atoms with van der Waals surface area (Å²) in [5.74, 6) is -0.709. The zero-order chi connectivity index (χ0) is 21.8. The Morgan fingerprint density at radius 3 is 2.45 bits per heavy atom. The molecule has 4 heterocycles. The fourth-order valence-electron chi connectivity index (χ4n) is 3.71. The van der Waals surface area contributed by atoms with Gasteiger partial charge in [0.05, 0.1) is 17.2 Å². The Morgan fingerprint density at radius 1 is 0.968 bits per heavy atom. The van der Waals surface area contributed by atoms with Gasteiger partial charge in [0.1, 0.15) is 5.82 Å². The van der Waals surface area contributed by atoms with Crippen LogP contribution in [0.5, 0.6) is 0 Å². The van der Waals surface area contributed by atoms with Gasteiger partial charge in [0.25, 0.3) is 11.4 Å². The van der Waals surface area contributed by atoms with Gasteiger partial charge in [-0.2, -0.15) is 17.7 Å². The number of rotatable bonds is 2. The zero-order valence-electron chi connectivity index (χ0n) is 16.4. The van der Waals surface area contributed by atoms with Crippen molar-refractivity contribution < 1.29 is 13.2 Å². The Bertz CT molecular complexity index is 1340. The van der Waals surface area contributed by atoms with Crippen LogP contribution in [0.4, 0.5) is 24.7 Å². The van der Waals surface area contributed by atoms with Crippen LogP contribution in [0, 0.1) is 0 Å². The number of aryl methyl sites for hydroxylation is 1. The second-order valence-electron chi connectivity index (χ2n) is 7.32. The first kappa shape index (κ1) is 19.3. The largest absolute Gasteiger partial charge is 0.453 e. The van der Waals surface area contributed by atoms with Gasteiger partial charge in [-0.25, -0.2) is 4.98 Å². The first-order valence-corrected chi connectivity index (χ1v) is 9.56. The molecule has 3 aromatic heterocycles.